The van der Waals surface area contributed by atoms with Crippen LogP contribution in [0.25, 0.3) is 11.0 Å². The van der Waals surface area contributed by atoms with E-state index in [-0.39, 0.29) is 12.2 Å². The zero-order chi connectivity index (χ0) is 18.2. The highest BCUT2D eigenvalue weighted by molar-refractivity contribution is 5.92. The fraction of sp³-hybridized carbons (Fsp3) is 0.222. The van der Waals surface area contributed by atoms with E-state index in [1.165, 1.54) is 24.5 Å². The summed E-state index contributed by atoms with van der Waals surface area (Å²) in [5, 5.41) is 2.34. The van der Waals surface area contributed by atoms with Crippen molar-refractivity contribution >= 4 is 22.6 Å². The summed E-state index contributed by atoms with van der Waals surface area (Å²) in [6.45, 7) is 3.80. The normalized spacial score (nSPS) is 11.7. The minimum atomic E-state index is -4.53. The van der Waals surface area contributed by atoms with Crippen LogP contribution in [-0.4, -0.2) is 15.5 Å². The molecule has 1 amide bonds. The number of halogens is 3. The fourth-order valence-electron chi connectivity index (χ4n) is 2.62. The summed E-state index contributed by atoms with van der Waals surface area (Å²) in [5.41, 5.74) is 2.52. The Kier molecular flexibility index (Phi) is 4.24. The highest BCUT2D eigenvalue weighted by Gasteiger charge is 2.33. The van der Waals surface area contributed by atoms with E-state index in [0.717, 1.165) is 28.2 Å². The van der Waals surface area contributed by atoms with Crippen LogP contribution in [0.3, 0.4) is 0 Å². The molecule has 0 bridgehead atoms. The molecular weight excluding hydrogens is 331 g/mol. The molecule has 3 aromatic rings. The Morgan fingerprint density at radius 2 is 1.84 bits per heavy atom. The summed E-state index contributed by atoms with van der Waals surface area (Å²) in [5.74, 6) is -0.547. The van der Waals surface area contributed by atoms with Gasteiger partial charge in [0.15, 0.2) is 0 Å². The monoisotopic (exact) mass is 347 g/mol. The number of aromatic nitrogens is 2. The molecule has 0 atom stereocenters. The van der Waals surface area contributed by atoms with Gasteiger partial charge in [-0.05, 0) is 49.2 Å². The summed E-state index contributed by atoms with van der Waals surface area (Å²) in [6.07, 6.45) is -3.01. The van der Waals surface area contributed by atoms with E-state index in [9.17, 15) is 18.0 Å². The van der Waals surface area contributed by atoms with E-state index in [2.05, 4.69) is 10.3 Å². The van der Waals surface area contributed by atoms with Gasteiger partial charge in [-0.1, -0.05) is 12.1 Å². The molecule has 0 aliphatic rings. The van der Waals surface area contributed by atoms with Gasteiger partial charge in [-0.3, -0.25) is 4.79 Å². The summed E-state index contributed by atoms with van der Waals surface area (Å²) in [6, 6.07) is 8.73. The lowest BCUT2D eigenvalue weighted by Gasteiger charge is -2.14. The average Bonchev–Trinajstić information content (AvgIpc) is 2.89. The largest absolute Gasteiger partial charge is 0.418 e. The van der Waals surface area contributed by atoms with Crippen molar-refractivity contribution in [1.29, 1.82) is 0 Å². The Hall–Kier alpha value is -2.83. The van der Waals surface area contributed by atoms with E-state index >= 15 is 0 Å². The molecule has 0 aliphatic carbocycles. The zero-order valence-electron chi connectivity index (χ0n) is 13.7. The Balaban J connectivity index is 1.84. The van der Waals surface area contributed by atoms with Crippen LogP contribution in [0.5, 0.6) is 0 Å². The van der Waals surface area contributed by atoms with Gasteiger partial charge in [0.25, 0.3) is 0 Å². The van der Waals surface area contributed by atoms with Crippen molar-refractivity contribution < 1.29 is 18.0 Å². The average molecular weight is 347 g/mol. The van der Waals surface area contributed by atoms with Crippen molar-refractivity contribution in [3.05, 3.63) is 59.4 Å². The predicted octanol–water partition coefficient (Wildman–Crippen LogP) is 4.31. The van der Waals surface area contributed by atoms with Crippen molar-refractivity contribution in [2.24, 2.45) is 0 Å². The number of rotatable bonds is 3. The van der Waals surface area contributed by atoms with Gasteiger partial charge in [0, 0.05) is 0 Å². The Bertz CT molecular complexity index is 944. The van der Waals surface area contributed by atoms with E-state index in [4.69, 9.17) is 0 Å². The number of fused-ring (bicyclic) bond motifs is 1. The number of benzene rings is 2. The van der Waals surface area contributed by atoms with Gasteiger partial charge < -0.3 is 9.88 Å². The second kappa shape index (κ2) is 6.23. The van der Waals surface area contributed by atoms with Gasteiger partial charge in [0.2, 0.25) is 5.91 Å². The van der Waals surface area contributed by atoms with Crippen molar-refractivity contribution in [2.45, 2.75) is 26.6 Å². The van der Waals surface area contributed by atoms with Crippen LogP contribution >= 0.6 is 0 Å². The molecule has 1 heterocycles. The first-order valence-electron chi connectivity index (χ1n) is 7.64. The van der Waals surface area contributed by atoms with Crippen LogP contribution in [0.4, 0.5) is 18.9 Å². The molecule has 0 aliphatic heterocycles. The Morgan fingerprint density at radius 3 is 2.56 bits per heavy atom. The van der Waals surface area contributed by atoms with Crippen LogP contribution in [0.1, 0.15) is 16.7 Å². The van der Waals surface area contributed by atoms with Crippen LogP contribution < -0.4 is 5.32 Å². The minimum absolute atomic E-state index is 0.120. The third-order valence-corrected chi connectivity index (χ3v) is 4.06. The maximum Gasteiger partial charge on any atom is 0.418 e. The molecule has 4 nitrogen and oxygen atoms in total. The van der Waals surface area contributed by atoms with Crippen LogP contribution in [0, 0.1) is 13.8 Å². The summed E-state index contributed by atoms with van der Waals surface area (Å²) in [7, 11) is 0. The fourth-order valence-corrected chi connectivity index (χ4v) is 2.62. The number of nitrogens with zero attached hydrogens (tertiary/aromatic N) is 2. The van der Waals surface area contributed by atoms with Crippen LogP contribution in [0.2, 0.25) is 0 Å². The molecule has 0 radical (unpaired) electrons. The van der Waals surface area contributed by atoms with Gasteiger partial charge in [-0.25, -0.2) is 4.98 Å². The molecule has 0 saturated carbocycles. The smallest absolute Gasteiger partial charge is 0.324 e. The zero-order valence-corrected chi connectivity index (χ0v) is 13.7. The highest BCUT2D eigenvalue weighted by Crippen LogP contribution is 2.34. The maximum absolute atomic E-state index is 13.0. The number of hydrogen-bond donors (Lipinski definition) is 1. The predicted molar refractivity (Wildman–Crippen MR) is 89.3 cm³/mol. The number of aryl methyl sites for hydroxylation is 2. The summed E-state index contributed by atoms with van der Waals surface area (Å²) >= 11 is 0. The second-order valence-corrected chi connectivity index (χ2v) is 5.89. The molecule has 0 spiro atoms. The molecule has 0 fully saturated rings. The molecule has 1 aromatic heterocycles. The molecule has 0 unspecified atom stereocenters. The molecule has 130 valence electrons. The van der Waals surface area contributed by atoms with Crippen molar-refractivity contribution in [3.8, 4) is 0 Å². The van der Waals surface area contributed by atoms with Gasteiger partial charge in [0.1, 0.15) is 6.54 Å². The molecule has 25 heavy (non-hydrogen) atoms. The third-order valence-electron chi connectivity index (χ3n) is 4.06. The van der Waals surface area contributed by atoms with E-state index in [1.807, 2.05) is 26.0 Å². The standard InChI is InChI=1S/C18H16F3N3O/c1-11-7-15-16(8-12(11)2)24(10-22-15)9-17(25)23-14-6-4-3-5-13(14)18(19,20)21/h3-8,10H,9H2,1-2H3,(H,23,25). The molecule has 1 N–H and O–H groups in total. The van der Waals surface area contributed by atoms with Crippen molar-refractivity contribution in [1.82, 2.24) is 9.55 Å². The highest BCUT2D eigenvalue weighted by atomic mass is 19.4. The third kappa shape index (κ3) is 3.50. The minimum Gasteiger partial charge on any atom is -0.324 e. The van der Waals surface area contributed by atoms with Gasteiger partial charge >= 0.3 is 6.18 Å². The Labute approximate surface area is 142 Å². The summed E-state index contributed by atoms with van der Waals surface area (Å²) in [4.78, 5) is 16.5. The van der Waals surface area contributed by atoms with E-state index in [1.54, 1.807) is 4.57 Å². The van der Waals surface area contributed by atoms with Gasteiger partial charge in [-0.15, -0.1) is 0 Å². The topological polar surface area (TPSA) is 46.9 Å². The number of carbonyl (C=O) groups is 1. The number of imidazole rings is 1. The molecule has 0 saturated heterocycles. The number of para-hydroxylation sites is 1. The molecule has 7 heteroatoms. The number of hydrogen-bond acceptors (Lipinski definition) is 2. The molecular formula is C18H16F3N3O. The number of nitrogens with one attached hydrogen (secondary N) is 1. The first-order chi connectivity index (χ1) is 11.8. The molecule has 2 aromatic carbocycles. The number of anilines is 1. The lowest BCUT2D eigenvalue weighted by atomic mass is 10.1. The molecule has 3 rings (SSSR count). The van der Waals surface area contributed by atoms with Crippen LogP contribution in [-0.2, 0) is 17.5 Å². The lowest BCUT2D eigenvalue weighted by molar-refractivity contribution is -0.137. The van der Waals surface area contributed by atoms with Crippen molar-refractivity contribution in [3.63, 3.8) is 0 Å². The number of carbonyl (C=O) groups excluding carboxylic acids is 1. The quantitative estimate of drug-likeness (QED) is 0.767. The van der Waals surface area contributed by atoms with E-state index in [0.29, 0.717) is 0 Å². The van der Waals surface area contributed by atoms with Gasteiger partial charge in [-0.2, -0.15) is 13.2 Å². The van der Waals surface area contributed by atoms with Crippen LogP contribution in [0.15, 0.2) is 42.7 Å². The SMILES string of the molecule is Cc1cc2ncn(CC(=O)Nc3ccccc3C(F)(F)F)c2cc1C. The second-order valence-electron chi connectivity index (χ2n) is 5.89. The lowest BCUT2D eigenvalue weighted by Crippen LogP contribution is -2.20. The van der Waals surface area contributed by atoms with E-state index < -0.39 is 17.6 Å². The maximum atomic E-state index is 13.0. The number of alkyl halides is 3. The Morgan fingerprint density at radius 1 is 1.16 bits per heavy atom. The summed E-state index contributed by atoms with van der Waals surface area (Å²) < 4.78 is 40.6. The van der Waals surface area contributed by atoms with Crippen molar-refractivity contribution in [2.75, 3.05) is 5.32 Å². The first kappa shape index (κ1) is 17.0. The first-order valence-corrected chi connectivity index (χ1v) is 7.64. The number of amides is 1. The van der Waals surface area contributed by atoms with Gasteiger partial charge in [0.05, 0.1) is 28.6 Å².